The molecular weight excluding hydrogens is 330 g/mol. The largest absolute Gasteiger partial charge is 0.342 e. The molecule has 0 spiro atoms. The van der Waals surface area contributed by atoms with Crippen molar-refractivity contribution in [2.75, 3.05) is 13.1 Å². The number of carbonyl (C=O) groups excluding carboxylic acids is 1. The molecule has 0 radical (unpaired) electrons. The molecule has 2 aliphatic rings. The van der Waals surface area contributed by atoms with E-state index in [0.29, 0.717) is 11.8 Å². The number of likely N-dealkylation sites (tertiary alicyclic amines) is 1. The van der Waals surface area contributed by atoms with Gasteiger partial charge >= 0.3 is 0 Å². The molecule has 0 N–H and O–H groups in total. The zero-order valence-electron chi connectivity index (χ0n) is 15.0. The van der Waals surface area contributed by atoms with E-state index in [1.54, 1.807) is 11.3 Å². The lowest BCUT2D eigenvalue weighted by atomic mass is 9.82. The molecule has 0 unspecified atom stereocenters. The molecule has 1 aliphatic carbocycles. The summed E-state index contributed by atoms with van der Waals surface area (Å²) < 4.78 is 2.24. The lowest BCUT2D eigenvalue weighted by Crippen LogP contribution is -2.48. The first-order valence-electron chi connectivity index (χ1n) is 9.50. The summed E-state index contributed by atoms with van der Waals surface area (Å²) in [5, 5.41) is 2.11. The van der Waals surface area contributed by atoms with Crippen molar-refractivity contribution >= 4 is 17.2 Å². The molecule has 5 heteroatoms. The van der Waals surface area contributed by atoms with Gasteiger partial charge < -0.3 is 9.47 Å². The van der Waals surface area contributed by atoms with Crippen molar-refractivity contribution in [1.29, 1.82) is 0 Å². The van der Waals surface area contributed by atoms with Crippen LogP contribution in [0.5, 0.6) is 0 Å². The highest BCUT2D eigenvalue weighted by Crippen LogP contribution is 2.45. The van der Waals surface area contributed by atoms with Gasteiger partial charge in [-0.2, -0.15) is 0 Å². The van der Waals surface area contributed by atoms with Crippen LogP contribution < -0.4 is 0 Å². The van der Waals surface area contributed by atoms with Crippen molar-refractivity contribution in [3.8, 4) is 0 Å². The zero-order valence-corrected chi connectivity index (χ0v) is 15.8. The topological polar surface area (TPSA) is 38.1 Å². The fourth-order valence-corrected chi connectivity index (χ4v) is 5.57. The number of piperidine rings is 1. The quantitative estimate of drug-likeness (QED) is 0.829. The Balaban J connectivity index is 1.41. The Kier molecular flexibility index (Phi) is 4.67. The lowest BCUT2D eigenvalue weighted by Gasteiger charge is -2.38. The average molecular weight is 358 g/mol. The van der Waals surface area contributed by atoms with Gasteiger partial charge in [-0.05, 0) is 50.0 Å². The lowest BCUT2D eigenvalue weighted by molar-refractivity contribution is -0.138. The predicted octanol–water partition coefficient (Wildman–Crippen LogP) is 4.00. The van der Waals surface area contributed by atoms with Crippen molar-refractivity contribution in [1.82, 2.24) is 14.5 Å². The zero-order chi connectivity index (χ0) is 17.3. The molecule has 1 amide bonds. The third kappa shape index (κ3) is 3.14. The molecule has 3 heterocycles. The molecule has 2 aromatic rings. The number of aromatic nitrogens is 2. The number of amides is 1. The number of nitrogens with zero attached hydrogens (tertiary/aromatic N) is 3. The van der Waals surface area contributed by atoms with Gasteiger partial charge in [0, 0.05) is 36.9 Å². The molecule has 0 atom stereocenters. The minimum atomic E-state index is -0.220. The number of hydrogen-bond acceptors (Lipinski definition) is 3. The second-order valence-corrected chi connectivity index (χ2v) is 8.58. The maximum atomic E-state index is 13.4. The Hall–Kier alpha value is -1.62. The molecule has 2 aromatic heterocycles. The van der Waals surface area contributed by atoms with Gasteiger partial charge in [-0.25, -0.2) is 4.98 Å². The summed E-state index contributed by atoms with van der Waals surface area (Å²) in [6.45, 7) is 4.90. The summed E-state index contributed by atoms with van der Waals surface area (Å²) in [4.78, 5) is 21.2. The molecule has 1 aliphatic heterocycles. The summed E-state index contributed by atoms with van der Waals surface area (Å²) in [5.41, 5.74) is -0.220. The fourth-order valence-electron chi connectivity index (χ4n) is 4.59. The number of hydrogen-bond donors (Lipinski definition) is 0. The molecule has 2 fully saturated rings. The van der Waals surface area contributed by atoms with Gasteiger partial charge in [0.25, 0.3) is 0 Å². The van der Waals surface area contributed by atoms with Gasteiger partial charge in [-0.3, -0.25) is 4.79 Å². The van der Waals surface area contributed by atoms with Crippen LogP contribution in [0.4, 0.5) is 0 Å². The van der Waals surface area contributed by atoms with E-state index in [4.69, 9.17) is 0 Å². The third-order valence-electron chi connectivity index (χ3n) is 6.14. The highest BCUT2D eigenvalue weighted by Gasteiger charge is 2.46. The van der Waals surface area contributed by atoms with E-state index < -0.39 is 0 Å². The third-order valence-corrected chi connectivity index (χ3v) is 7.21. The van der Waals surface area contributed by atoms with Crippen LogP contribution >= 0.6 is 11.3 Å². The van der Waals surface area contributed by atoms with Crippen LogP contribution in [0.2, 0.25) is 0 Å². The van der Waals surface area contributed by atoms with Gasteiger partial charge in [0.1, 0.15) is 5.82 Å². The Morgan fingerprint density at radius 1 is 1.32 bits per heavy atom. The molecule has 25 heavy (non-hydrogen) atoms. The molecule has 0 aromatic carbocycles. The Morgan fingerprint density at radius 3 is 2.68 bits per heavy atom. The number of aryl methyl sites for hydroxylation is 1. The Labute approximate surface area is 153 Å². The molecule has 4 nitrogen and oxygen atoms in total. The van der Waals surface area contributed by atoms with Crippen LogP contribution in [0.1, 0.15) is 49.2 Å². The van der Waals surface area contributed by atoms with Gasteiger partial charge in [-0.1, -0.05) is 18.9 Å². The normalized spacial score (nSPS) is 20.9. The first-order valence-corrected chi connectivity index (χ1v) is 10.4. The van der Waals surface area contributed by atoms with E-state index in [-0.39, 0.29) is 5.41 Å². The minimum absolute atomic E-state index is 0.220. The highest BCUT2D eigenvalue weighted by atomic mass is 32.1. The van der Waals surface area contributed by atoms with E-state index in [1.165, 1.54) is 17.7 Å². The van der Waals surface area contributed by atoms with Crippen molar-refractivity contribution in [3.63, 3.8) is 0 Å². The summed E-state index contributed by atoms with van der Waals surface area (Å²) in [6, 6.07) is 4.26. The smallest absolute Gasteiger partial charge is 0.234 e. The number of imidazole rings is 1. The van der Waals surface area contributed by atoms with Crippen LogP contribution in [0.15, 0.2) is 29.9 Å². The minimum Gasteiger partial charge on any atom is -0.342 e. The van der Waals surface area contributed by atoms with Crippen LogP contribution in [0.25, 0.3) is 0 Å². The average Bonchev–Trinajstić information content (AvgIpc) is 3.37. The maximum absolute atomic E-state index is 13.4. The van der Waals surface area contributed by atoms with Crippen molar-refractivity contribution < 1.29 is 4.79 Å². The van der Waals surface area contributed by atoms with Crippen LogP contribution in [0, 0.1) is 12.8 Å². The van der Waals surface area contributed by atoms with E-state index in [1.807, 2.05) is 6.20 Å². The number of carbonyl (C=O) groups is 1. The van der Waals surface area contributed by atoms with Crippen molar-refractivity contribution in [3.05, 3.63) is 40.6 Å². The second kappa shape index (κ2) is 6.94. The molecule has 1 saturated heterocycles. The molecular formula is C20H27N3OS. The highest BCUT2D eigenvalue weighted by molar-refractivity contribution is 7.10. The summed E-state index contributed by atoms with van der Waals surface area (Å²) in [5.74, 6) is 2.13. The fraction of sp³-hybridized carbons (Fsp3) is 0.600. The number of rotatable bonds is 4. The predicted molar refractivity (Wildman–Crippen MR) is 101 cm³/mol. The molecule has 1 saturated carbocycles. The van der Waals surface area contributed by atoms with E-state index in [2.05, 4.69) is 45.1 Å². The molecule has 134 valence electrons. The van der Waals surface area contributed by atoms with Gasteiger partial charge in [0.2, 0.25) is 5.91 Å². The van der Waals surface area contributed by atoms with Crippen LogP contribution in [-0.4, -0.2) is 33.4 Å². The second-order valence-electron chi connectivity index (χ2n) is 7.63. The molecule has 0 bridgehead atoms. The summed E-state index contributed by atoms with van der Waals surface area (Å²) in [6.07, 6.45) is 10.6. The van der Waals surface area contributed by atoms with Crippen molar-refractivity contribution in [2.24, 2.45) is 5.92 Å². The Bertz CT molecular complexity index is 707. The first kappa shape index (κ1) is 16.8. The van der Waals surface area contributed by atoms with E-state index in [9.17, 15) is 4.79 Å². The Morgan fingerprint density at radius 2 is 2.08 bits per heavy atom. The first-order chi connectivity index (χ1) is 12.2. The van der Waals surface area contributed by atoms with Crippen molar-refractivity contribution in [2.45, 2.75) is 57.4 Å². The van der Waals surface area contributed by atoms with Gasteiger partial charge in [0.15, 0.2) is 0 Å². The van der Waals surface area contributed by atoms with Crippen LogP contribution in [0.3, 0.4) is 0 Å². The maximum Gasteiger partial charge on any atom is 0.234 e. The van der Waals surface area contributed by atoms with E-state index in [0.717, 1.165) is 51.1 Å². The molecule has 4 rings (SSSR count). The van der Waals surface area contributed by atoms with Gasteiger partial charge in [-0.15, -0.1) is 11.3 Å². The van der Waals surface area contributed by atoms with Crippen LogP contribution in [-0.2, 0) is 16.8 Å². The monoisotopic (exact) mass is 357 g/mol. The SMILES string of the molecule is Cc1nccn1CC1CCN(C(=O)C2(c3cccs3)CCCC2)CC1. The summed E-state index contributed by atoms with van der Waals surface area (Å²) >= 11 is 1.76. The standard InChI is InChI=1S/C20H27N3OS/c1-16-21-10-13-23(16)15-17-6-11-22(12-7-17)19(24)20(8-2-3-9-20)18-5-4-14-25-18/h4-5,10,13-14,17H,2-3,6-9,11-12,15H2,1H3. The number of thiophene rings is 1. The van der Waals surface area contributed by atoms with Gasteiger partial charge in [0.05, 0.1) is 5.41 Å². The summed E-state index contributed by atoms with van der Waals surface area (Å²) in [7, 11) is 0. The van der Waals surface area contributed by atoms with E-state index >= 15 is 0 Å².